The number of nitrogens with zero attached hydrogens (tertiary/aromatic N) is 2. The number of ether oxygens (including phenoxy) is 3. The molecule has 0 bridgehead atoms. The van der Waals surface area contributed by atoms with Crippen molar-refractivity contribution in [2.45, 2.75) is 38.1 Å². The van der Waals surface area contributed by atoms with Gasteiger partial charge in [-0.3, -0.25) is 0 Å². The molecule has 0 radical (unpaired) electrons. The van der Waals surface area contributed by atoms with E-state index in [1.807, 2.05) is 72.8 Å². The number of benzene rings is 4. The molecule has 0 spiro atoms. The largest absolute Gasteiger partial charge is 0.457 e. The molecule has 1 aliphatic rings. The molecular formula is C34H30Cl2N4O5. The number of imidazole rings is 1. The fourth-order valence-electron chi connectivity index (χ4n) is 5.01. The molecule has 3 atom stereocenters. The zero-order chi connectivity index (χ0) is 31.2. The molecule has 1 saturated heterocycles. The van der Waals surface area contributed by atoms with Gasteiger partial charge < -0.3 is 34.5 Å². The summed E-state index contributed by atoms with van der Waals surface area (Å²) in [6.45, 7) is 0.376. The summed E-state index contributed by atoms with van der Waals surface area (Å²) in [7, 11) is 0. The number of aliphatic hydroxyl groups excluding tert-OH is 1. The van der Waals surface area contributed by atoms with Gasteiger partial charge in [-0.2, -0.15) is 0 Å². The van der Waals surface area contributed by atoms with Crippen LogP contribution in [0.15, 0.2) is 109 Å². The van der Waals surface area contributed by atoms with Crippen LogP contribution in [0.1, 0.15) is 35.5 Å². The molecule has 0 saturated carbocycles. The van der Waals surface area contributed by atoms with Gasteiger partial charge in [-0.1, -0.05) is 77.8 Å². The van der Waals surface area contributed by atoms with E-state index in [1.165, 1.54) is 0 Å². The van der Waals surface area contributed by atoms with Crippen LogP contribution in [0, 0.1) is 0 Å². The summed E-state index contributed by atoms with van der Waals surface area (Å²) < 4.78 is 20.4. The van der Waals surface area contributed by atoms with Crippen molar-refractivity contribution in [3.8, 4) is 11.5 Å². The Hall–Kier alpha value is -4.38. The highest BCUT2D eigenvalue weighted by Crippen LogP contribution is 2.39. The number of urea groups is 1. The van der Waals surface area contributed by atoms with Gasteiger partial charge in [-0.15, -0.1) is 0 Å². The molecule has 3 unspecified atom stereocenters. The van der Waals surface area contributed by atoms with E-state index in [4.69, 9.17) is 37.4 Å². The second-order valence-electron chi connectivity index (χ2n) is 10.5. The van der Waals surface area contributed by atoms with E-state index >= 15 is 0 Å². The molecule has 45 heavy (non-hydrogen) atoms. The maximum Gasteiger partial charge on any atom is 0.323 e. The lowest BCUT2D eigenvalue weighted by atomic mass is 10.00. The third-order valence-electron chi connectivity index (χ3n) is 7.26. The number of carbonyl (C=O) groups is 1. The molecule has 1 aromatic heterocycles. The predicted octanol–water partition coefficient (Wildman–Crippen LogP) is 8.36. The Morgan fingerprint density at radius 2 is 1.60 bits per heavy atom. The van der Waals surface area contributed by atoms with Crippen LogP contribution in [0.25, 0.3) is 0 Å². The Balaban J connectivity index is 1.14. The zero-order valence-electron chi connectivity index (χ0n) is 24.0. The fourth-order valence-corrected chi connectivity index (χ4v) is 5.32. The number of amides is 2. The molecule has 9 nitrogen and oxygen atoms in total. The molecule has 2 heterocycles. The number of aromatic nitrogens is 2. The first-order valence-electron chi connectivity index (χ1n) is 14.3. The number of rotatable bonds is 9. The summed E-state index contributed by atoms with van der Waals surface area (Å²) in [6, 6.07) is 31.1. The van der Waals surface area contributed by atoms with E-state index in [9.17, 15) is 9.90 Å². The molecule has 1 fully saturated rings. The first-order valence-corrected chi connectivity index (χ1v) is 15.1. The van der Waals surface area contributed by atoms with Gasteiger partial charge in [0.05, 0.1) is 31.7 Å². The maximum atomic E-state index is 12.9. The molecule has 0 aliphatic carbocycles. The third-order valence-corrected chi connectivity index (χ3v) is 8.03. The number of hydrogen-bond acceptors (Lipinski definition) is 6. The highest BCUT2D eigenvalue weighted by molar-refractivity contribution is 6.40. The summed E-state index contributed by atoms with van der Waals surface area (Å²) in [6.07, 6.45) is 0.814. The van der Waals surface area contributed by atoms with Gasteiger partial charge in [0.25, 0.3) is 0 Å². The van der Waals surface area contributed by atoms with Crippen LogP contribution in [0.2, 0.25) is 10.3 Å². The van der Waals surface area contributed by atoms with E-state index < -0.39 is 12.3 Å². The second kappa shape index (κ2) is 14.2. The minimum absolute atomic E-state index is 0.0403. The topological polar surface area (TPSA) is 107 Å². The number of para-hydroxylation sites is 1. The standard InChI is InChI=1S/C34H30Cl2N4O5/c35-31-32(36)40(21-37-31)19-29-18-30(23-11-9-22(20-41)10-12-23)45-33(44-29)24-5-4-6-26(17-24)39-34(42)38-25-13-15-28(16-14-25)43-27-7-2-1-3-8-27/h1-17,21,29-30,33,41H,18-20H2,(H2,38,39,42). The Morgan fingerprint density at radius 3 is 2.31 bits per heavy atom. The summed E-state index contributed by atoms with van der Waals surface area (Å²) >= 11 is 12.4. The molecular weight excluding hydrogens is 615 g/mol. The molecule has 5 aromatic rings. The molecule has 6 rings (SSSR count). The molecule has 1 aliphatic heterocycles. The summed E-state index contributed by atoms with van der Waals surface area (Å²) in [5, 5.41) is 15.8. The van der Waals surface area contributed by atoms with Crippen LogP contribution in [0.5, 0.6) is 11.5 Å². The lowest BCUT2D eigenvalue weighted by molar-refractivity contribution is -0.252. The van der Waals surface area contributed by atoms with Crippen molar-refractivity contribution in [2.24, 2.45) is 0 Å². The number of aliphatic hydroxyl groups is 1. The van der Waals surface area contributed by atoms with Gasteiger partial charge >= 0.3 is 6.03 Å². The van der Waals surface area contributed by atoms with Crippen LogP contribution >= 0.6 is 23.2 Å². The normalized spacial score (nSPS) is 17.9. The molecule has 230 valence electrons. The van der Waals surface area contributed by atoms with Gasteiger partial charge in [0.15, 0.2) is 11.4 Å². The summed E-state index contributed by atoms with van der Waals surface area (Å²) in [5.74, 6) is 1.39. The minimum Gasteiger partial charge on any atom is -0.457 e. The third kappa shape index (κ3) is 7.83. The molecule has 11 heteroatoms. The number of hydrogen-bond donors (Lipinski definition) is 3. The maximum absolute atomic E-state index is 12.9. The monoisotopic (exact) mass is 644 g/mol. The summed E-state index contributed by atoms with van der Waals surface area (Å²) in [5.41, 5.74) is 3.67. The average Bonchev–Trinajstić information content (AvgIpc) is 3.38. The highest BCUT2D eigenvalue weighted by atomic mass is 35.5. The van der Waals surface area contributed by atoms with Gasteiger partial charge in [0, 0.05) is 23.4 Å². The van der Waals surface area contributed by atoms with Crippen LogP contribution in [-0.4, -0.2) is 26.8 Å². The van der Waals surface area contributed by atoms with E-state index in [2.05, 4.69) is 15.6 Å². The van der Waals surface area contributed by atoms with E-state index in [-0.39, 0.29) is 24.0 Å². The SMILES string of the molecule is O=C(Nc1ccc(Oc2ccccc2)cc1)Nc1cccc(C2OC(Cn3cnc(Cl)c3Cl)CC(c3ccc(CO)cc3)O2)c1. The van der Waals surface area contributed by atoms with Crippen molar-refractivity contribution in [1.29, 1.82) is 0 Å². The van der Waals surface area contributed by atoms with Crippen molar-refractivity contribution >= 4 is 40.6 Å². The lowest BCUT2D eigenvalue weighted by Crippen LogP contribution is -2.32. The number of anilines is 2. The lowest BCUT2D eigenvalue weighted by Gasteiger charge is -2.36. The Labute approximate surface area is 270 Å². The molecule has 4 aromatic carbocycles. The van der Waals surface area contributed by atoms with E-state index in [0.717, 1.165) is 22.4 Å². The van der Waals surface area contributed by atoms with E-state index in [0.29, 0.717) is 35.2 Å². The smallest absolute Gasteiger partial charge is 0.323 e. The van der Waals surface area contributed by atoms with E-state index in [1.54, 1.807) is 41.2 Å². The summed E-state index contributed by atoms with van der Waals surface area (Å²) in [4.78, 5) is 16.9. The van der Waals surface area contributed by atoms with Crippen molar-refractivity contribution in [2.75, 3.05) is 10.6 Å². The van der Waals surface area contributed by atoms with Gasteiger partial charge in [0.1, 0.15) is 16.7 Å². The Morgan fingerprint density at radius 1 is 0.867 bits per heavy atom. The first-order chi connectivity index (χ1) is 21.9. The van der Waals surface area contributed by atoms with Crippen molar-refractivity contribution in [3.05, 3.63) is 136 Å². The minimum atomic E-state index is -0.731. The zero-order valence-corrected chi connectivity index (χ0v) is 25.5. The van der Waals surface area contributed by atoms with Crippen molar-refractivity contribution < 1.29 is 24.1 Å². The van der Waals surface area contributed by atoms with Crippen molar-refractivity contribution in [1.82, 2.24) is 9.55 Å². The predicted molar refractivity (Wildman–Crippen MR) is 173 cm³/mol. The fraction of sp³-hybridized carbons (Fsp3) is 0.176. The Bertz CT molecular complexity index is 1730. The Kier molecular flexibility index (Phi) is 9.63. The van der Waals surface area contributed by atoms with Crippen molar-refractivity contribution in [3.63, 3.8) is 0 Å². The first kappa shape index (κ1) is 30.6. The average molecular weight is 646 g/mol. The number of halogens is 2. The van der Waals surface area contributed by atoms with Gasteiger partial charge in [-0.05, 0) is 59.7 Å². The highest BCUT2D eigenvalue weighted by Gasteiger charge is 2.33. The van der Waals surface area contributed by atoms with Gasteiger partial charge in [0.2, 0.25) is 0 Å². The molecule has 2 amide bonds. The number of nitrogens with one attached hydrogen (secondary N) is 2. The van der Waals surface area contributed by atoms with Crippen LogP contribution < -0.4 is 15.4 Å². The van der Waals surface area contributed by atoms with Crippen LogP contribution in [0.3, 0.4) is 0 Å². The van der Waals surface area contributed by atoms with Gasteiger partial charge in [-0.25, -0.2) is 9.78 Å². The quantitative estimate of drug-likeness (QED) is 0.149. The molecule has 3 N–H and O–H groups in total. The number of carbonyl (C=O) groups excluding carboxylic acids is 1. The van der Waals surface area contributed by atoms with Crippen LogP contribution in [0.4, 0.5) is 16.2 Å². The second-order valence-corrected chi connectivity index (χ2v) is 11.2. The van der Waals surface area contributed by atoms with Crippen LogP contribution in [-0.2, 0) is 22.6 Å².